The Morgan fingerprint density at radius 1 is 1.28 bits per heavy atom. The molecule has 2 rings (SSSR count). The van der Waals surface area contributed by atoms with Crippen LogP contribution in [-0.2, 0) is 6.42 Å². The van der Waals surface area contributed by atoms with Crippen molar-refractivity contribution in [2.75, 3.05) is 0 Å². The van der Waals surface area contributed by atoms with E-state index in [1.165, 1.54) is 18.0 Å². The molecule has 18 heavy (non-hydrogen) atoms. The molecule has 0 N–H and O–H groups in total. The highest BCUT2D eigenvalue weighted by atomic mass is 32.1. The van der Waals surface area contributed by atoms with Gasteiger partial charge >= 0.3 is 0 Å². The van der Waals surface area contributed by atoms with Crippen LogP contribution >= 0.6 is 11.5 Å². The molecule has 1 aromatic rings. The van der Waals surface area contributed by atoms with Crippen LogP contribution in [-0.4, -0.2) is 15.4 Å². The fourth-order valence-electron chi connectivity index (χ4n) is 3.14. The van der Waals surface area contributed by atoms with Crippen LogP contribution in [0.15, 0.2) is 0 Å². The molecule has 2 atom stereocenters. The second-order valence-corrected chi connectivity index (χ2v) is 6.53. The summed E-state index contributed by atoms with van der Waals surface area (Å²) in [5, 5.41) is 4.11. The average molecular weight is 266 g/mol. The minimum atomic E-state index is 0.196. The molecule has 2 unspecified atom stereocenters. The van der Waals surface area contributed by atoms with Gasteiger partial charge < -0.3 is 0 Å². The Hall–Kier alpha value is -0.770. The fourth-order valence-corrected chi connectivity index (χ4v) is 3.87. The maximum absolute atomic E-state index is 12.6. The molecule has 0 spiro atoms. The number of ketones is 1. The van der Waals surface area contributed by atoms with Crippen molar-refractivity contribution >= 4 is 17.3 Å². The van der Waals surface area contributed by atoms with Crippen molar-refractivity contribution in [2.24, 2.45) is 17.8 Å². The molecular weight excluding hydrogens is 244 g/mol. The summed E-state index contributed by atoms with van der Waals surface area (Å²) in [4.78, 5) is 13.4. The van der Waals surface area contributed by atoms with Crippen LogP contribution in [0, 0.1) is 17.8 Å². The number of carbonyl (C=O) groups excluding carboxylic acids is 1. The molecule has 1 aromatic heterocycles. The lowest BCUT2D eigenvalue weighted by molar-refractivity contribution is 0.0839. The van der Waals surface area contributed by atoms with E-state index in [0.717, 1.165) is 36.3 Å². The summed E-state index contributed by atoms with van der Waals surface area (Å²) in [6.07, 6.45) is 5.21. The zero-order valence-electron chi connectivity index (χ0n) is 11.5. The van der Waals surface area contributed by atoms with E-state index < -0.39 is 0 Å². The maximum atomic E-state index is 12.6. The normalized spacial score (nSPS) is 28.3. The molecule has 1 fully saturated rings. The minimum absolute atomic E-state index is 0.196. The van der Waals surface area contributed by atoms with Crippen molar-refractivity contribution in [3.05, 3.63) is 10.6 Å². The number of aromatic nitrogens is 2. The SMILES string of the molecule is CCCc1nnsc1C(=O)C1CC(C)CC(C)C1. The lowest BCUT2D eigenvalue weighted by Gasteiger charge is -2.30. The molecule has 1 saturated carbocycles. The molecule has 0 aliphatic heterocycles. The molecule has 0 saturated heterocycles. The number of hydrogen-bond acceptors (Lipinski definition) is 4. The summed E-state index contributed by atoms with van der Waals surface area (Å²) in [6, 6.07) is 0. The predicted molar refractivity (Wildman–Crippen MR) is 73.9 cm³/mol. The lowest BCUT2D eigenvalue weighted by Crippen LogP contribution is -2.26. The van der Waals surface area contributed by atoms with Crippen molar-refractivity contribution in [1.29, 1.82) is 0 Å². The summed E-state index contributed by atoms with van der Waals surface area (Å²) in [6.45, 7) is 6.62. The van der Waals surface area contributed by atoms with E-state index in [1.807, 2.05) is 0 Å². The second-order valence-electron chi connectivity index (χ2n) is 5.78. The zero-order chi connectivity index (χ0) is 13.1. The molecular formula is C14H22N2OS. The smallest absolute Gasteiger partial charge is 0.179 e. The largest absolute Gasteiger partial charge is 0.293 e. The molecule has 1 aliphatic rings. The van der Waals surface area contributed by atoms with E-state index >= 15 is 0 Å². The first kappa shape index (κ1) is 13.7. The Kier molecular flexibility index (Phi) is 4.49. The molecule has 1 heterocycles. The van der Waals surface area contributed by atoms with Crippen LogP contribution in [0.4, 0.5) is 0 Å². The zero-order valence-corrected chi connectivity index (χ0v) is 12.3. The number of rotatable bonds is 4. The van der Waals surface area contributed by atoms with E-state index in [4.69, 9.17) is 0 Å². The van der Waals surface area contributed by atoms with E-state index in [9.17, 15) is 4.79 Å². The van der Waals surface area contributed by atoms with Crippen LogP contribution in [0.3, 0.4) is 0 Å². The fraction of sp³-hybridized carbons (Fsp3) is 0.786. The molecule has 0 bridgehead atoms. The standard InChI is InChI=1S/C14H22N2OS/c1-4-5-12-14(18-16-15-12)13(17)11-7-9(2)6-10(3)8-11/h9-11H,4-8H2,1-3H3. The number of hydrogen-bond donors (Lipinski definition) is 0. The van der Waals surface area contributed by atoms with Gasteiger partial charge in [-0.15, -0.1) is 5.10 Å². The topological polar surface area (TPSA) is 42.9 Å². The molecule has 4 heteroatoms. The van der Waals surface area contributed by atoms with Crippen molar-refractivity contribution in [3.8, 4) is 0 Å². The highest BCUT2D eigenvalue weighted by Crippen LogP contribution is 2.35. The average Bonchev–Trinajstić information content (AvgIpc) is 2.75. The summed E-state index contributed by atoms with van der Waals surface area (Å²) < 4.78 is 3.97. The Morgan fingerprint density at radius 2 is 1.94 bits per heavy atom. The van der Waals surface area contributed by atoms with Crippen LogP contribution in [0.2, 0.25) is 0 Å². The minimum Gasteiger partial charge on any atom is -0.293 e. The monoisotopic (exact) mass is 266 g/mol. The van der Waals surface area contributed by atoms with E-state index in [0.29, 0.717) is 17.6 Å². The van der Waals surface area contributed by atoms with E-state index in [2.05, 4.69) is 30.4 Å². The molecule has 100 valence electrons. The third kappa shape index (κ3) is 2.97. The lowest BCUT2D eigenvalue weighted by atomic mass is 9.74. The highest BCUT2D eigenvalue weighted by molar-refractivity contribution is 7.08. The molecule has 0 amide bonds. The number of nitrogens with zero attached hydrogens (tertiary/aromatic N) is 2. The molecule has 0 aromatic carbocycles. The molecule has 0 radical (unpaired) electrons. The van der Waals surface area contributed by atoms with Gasteiger partial charge in [-0.1, -0.05) is 31.7 Å². The molecule has 3 nitrogen and oxygen atoms in total. The Labute approximate surface area is 113 Å². The Balaban J connectivity index is 2.12. The summed E-state index contributed by atoms with van der Waals surface area (Å²) in [5.74, 6) is 1.82. The quantitative estimate of drug-likeness (QED) is 0.780. The summed E-state index contributed by atoms with van der Waals surface area (Å²) in [5.41, 5.74) is 0.915. The van der Waals surface area contributed by atoms with Gasteiger partial charge in [-0.05, 0) is 49.1 Å². The van der Waals surface area contributed by atoms with Crippen molar-refractivity contribution in [3.63, 3.8) is 0 Å². The van der Waals surface area contributed by atoms with Crippen molar-refractivity contribution < 1.29 is 4.79 Å². The summed E-state index contributed by atoms with van der Waals surface area (Å²) >= 11 is 1.28. The van der Waals surface area contributed by atoms with Gasteiger partial charge in [0.1, 0.15) is 4.88 Å². The maximum Gasteiger partial charge on any atom is 0.179 e. The highest BCUT2D eigenvalue weighted by Gasteiger charge is 2.31. The molecule has 1 aliphatic carbocycles. The summed E-state index contributed by atoms with van der Waals surface area (Å²) in [7, 11) is 0. The number of Topliss-reactive ketones (excluding diaryl/α,β-unsaturated/α-hetero) is 1. The van der Waals surface area contributed by atoms with Gasteiger partial charge in [0.25, 0.3) is 0 Å². The van der Waals surface area contributed by atoms with Crippen LogP contribution in [0.1, 0.15) is 61.8 Å². The first-order valence-electron chi connectivity index (χ1n) is 6.97. The van der Waals surface area contributed by atoms with E-state index in [-0.39, 0.29) is 5.92 Å². The van der Waals surface area contributed by atoms with Crippen molar-refractivity contribution in [1.82, 2.24) is 9.59 Å². The number of aryl methyl sites for hydroxylation is 1. The third-order valence-corrected chi connectivity index (χ3v) is 4.60. The van der Waals surface area contributed by atoms with Gasteiger partial charge in [-0.2, -0.15) is 0 Å². The van der Waals surface area contributed by atoms with Gasteiger partial charge in [0.2, 0.25) is 0 Å². The number of carbonyl (C=O) groups is 1. The predicted octanol–water partition coefficient (Wildman–Crippen LogP) is 3.75. The van der Waals surface area contributed by atoms with Crippen LogP contribution < -0.4 is 0 Å². The van der Waals surface area contributed by atoms with Gasteiger partial charge in [0.15, 0.2) is 5.78 Å². The Bertz CT molecular complexity index is 406. The Morgan fingerprint density at radius 3 is 2.56 bits per heavy atom. The third-order valence-electron chi connectivity index (χ3n) is 3.82. The van der Waals surface area contributed by atoms with Crippen molar-refractivity contribution in [2.45, 2.75) is 52.9 Å². The van der Waals surface area contributed by atoms with Gasteiger partial charge in [0, 0.05) is 5.92 Å². The van der Waals surface area contributed by atoms with Crippen LogP contribution in [0.5, 0.6) is 0 Å². The van der Waals surface area contributed by atoms with Gasteiger partial charge in [0.05, 0.1) is 5.69 Å². The first-order valence-corrected chi connectivity index (χ1v) is 7.74. The first-order chi connectivity index (χ1) is 8.61. The van der Waals surface area contributed by atoms with Gasteiger partial charge in [-0.25, -0.2) is 0 Å². The second kappa shape index (κ2) is 5.91. The van der Waals surface area contributed by atoms with Gasteiger partial charge in [-0.3, -0.25) is 4.79 Å². The van der Waals surface area contributed by atoms with Crippen LogP contribution in [0.25, 0.3) is 0 Å². The van der Waals surface area contributed by atoms with E-state index in [1.54, 1.807) is 0 Å².